The van der Waals surface area contributed by atoms with Crippen molar-refractivity contribution in [1.82, 2.24) is 4.90 Å². The summed E-state index contributed by atoms with van der Waals surface area (Å²) >= 11 is 0. The van der Waals surface area contributed by atoms with Crippen molar-refractivity contribution in [3.8, 4) is 0 Å². The molecule has 0 saturated carbocycles. The Morgan fingerprint density at radius 3 is 2.53 bits per heavy atom. The maximum absolute atomic E-state index is 11.0. The lowest BCUT2D eigenvalue weighted by atomic mass is 10.1. The van der Waals surface area contributed by atoms with Crippen molar-refractivity contribution < 1.29 is 4.79 Å². The Hall–Kier alpha value is -1.55. The monoisotopic (exact) mass is 235 g/mol. The molecular weight excluding hydrogens is 214 g/mol. The number of nitrogens with zero attached hydrogens (tertiary/aromatic N) is 1. The second-order valence-electron chi connectivity index (χ2n) is 4.73. The number of hydrogen-bond acceptors (Lipinski definition) is 3. The van der Waals surface area contributed by atoms with Crippen molar-refractivity contribution >= 4 is 11.6 Å². The van der Waals surface area contributed by atoms with E-state index < -0.39 is 0 Å². The van der Waals surface area contributed by atoms with Crippen LogP contribution in [0.3, 0.4) is 0 Å². The summed E-state index contributed by atoms with van der Waals surface area (Å²) in [5.74, 6) is 0.180. The molecule has 0 unspecified atom stereocenters. The van der Waals surface area contributed by atoms with Gasteiger partial charge in [0, 0.05) is 18.8 Å². The molecule has 1 rings (SSSR count). The molecule has 0 aromatic heterocycles. The van der Waals surface area contributed by atoms with Crippen LogP contribution >= 0.6 is 0 Å². The predicted molar refractivity (Wildman–Crippen MR) is 70.2 cm³/mol. The SMILES string of the molecule is CC(C)CN(CC(N)=O)Cc1ccccc1N. The van der Waals surface area contributed by atoms with Gasteiger partial charge in [-0.1, -0.05) is 32.0 Å². The smallest absolute Gasteiger partial charge is 0.231 e. The van der Waals surface area contributed by atoms with Gasteiger partial charge in [0.25, 0.3) is 0 Å². The van der Waals surface area contributed by atoms with Gasteiger partial charge in [-0.25, -0.2) is 0 Å². The van der Waals surface area contributed by atoms with Gasteiger partial charge in [0.15, 0.2) is 0 Å². The largest absolute Gasteiger partial charge is 0.398 e. The van der Waals surface area contributed by atoms with Crippen LogP contribution in [0.25, 0.3) is 0 Å². The fraction of sp³-hybridized carbons (Fsp3) is 0.462. The van der Waals surface area contributed by atoms with Crippen LogP contribution in [0.15, 0.2) is 24.3 Å². The predicted octanol–water partition coefficient (Wildman–Crippen LogP) is 1.21. The number of rotatable bonds is 6. The normalized spacial score (nSPS) is 11.1. The Labute approximate surface area is 103 Å². The number of carbonyl (C=O) groups excluding carboxylic acids is 1. The van der Waals surface area contributed by atoms with Crippen molar-refractivity contribution in [3.05, 3.63) is 29.8 Å². The summed E-state index contributed by atoms with van der Waals surface area (Å²) < 4.78 is 0. The van der Waals surface area contributed by atoms with E-state index in [-0.39, 0.29) is 12.5 Å². The summed E-state index contributed by atoms with van der Waals surface area (Å²) in [6.45, 7) is 5.99. The fourth-order valence-electron chi connectivity index (χ4n) is 1.84. The van der Waals surface area contributed by atoms with Crippen LogP contribution in [0.2, 0.25) is 0 Å². The van der Waals surface area contributed by atoms with Crippen LogP contribution in [0.4, 0.5) is 5.69 Å². The molecule has 0 aliphatic rings. The van der Waals surface area contributed by atoms with Crippen LogP contribution < -0.4 is 11.5 Å². The van der Waals surface area contributed by atoms with Gasteiger partial charge in [0.1, 0.15) is 0 Å². The van der Waals surface area contributed by atoms with Gasteiger partial charge in [-0.15, -0.1) is 0 Å². The van der Waals surface area contributed by atoms with E-state index >= 15 is 0 Å². The second-order valence-corrected chi connectivity index (χ2v) is 4.73. The summed E-state index contributed by atoms with van der Waals surface area (Å²) in [5, 5.41) is 0. The van der Waals surface area contributed by atoms with Gasteiger partial charge in [0.05, 0.1) is 6.54 Å². The van der Waals surface area contributed by atoms with Crippen LogP contribution in [-0.2, 0) is 11.3 Å². The highest BCUT2D eigenvalue weighted by atomic mass is 16.1. The molecule has 0 fully saturated rings. The van der Waals surface area contributed by atoms with Gasteiger partial charge in [-0.2, -0.15) is 0 Å². The van der Waals surface area contributed by atoms with E-state index in [1.54, 1.807) is 0 Å². The molecule has 1 aromatic carbocycles. The summed E-state index contributed by atoms with van der Waals surface area (Å²) in [4.78, 5) is 13.0. The van der Waals surface area contributed by atoms with Gasteiger partial charge >= 0.3 is 0 Å². The number of hydrogen-bond donors (Lipinski definition) is 2. The number of anilines is 1. The number of nitrogen functional groups attached to an aromatic ring is 1. The van der Waals surface area contributed by atoms with Crippen LogP contribution in [0.5, 0.6) is 0 Å². The minimum atomic E-state index is -0.305. The average molecular weight is 235 g/mol. The molecule has 4 heteroatoms. The molecule has 0 aliphatic heterocycles. The maximum atomic E-state index is 11.0. The van der Waals surface area contributed by atoms with E-state index in [1.807, 2.05) is 29.2 Å². The van der Waals surface area contributed by atoms with Crippen molar-refractivity contribution in [3.63, 3.8) is 0 Å². The molecule has 0 bridgehead atoms. The first-order chi connectivity index (χ1) is 7.99. The molecule has 4 nitrogen and oxygen atoms in total. The Balaban J connectivity index is 2.71. The topological polar surface area (TPSA) is 72.3 Å². The van der Waals surface area contributed by atoms with E-state index in [0.29, 0.717) is 12.5 Å². The Morgan fingerprint density at radius 1 is 1.35 bits per heavy atom. The van der Waals surface area contributed by atoms with Crippen molar-refractivity contribution in [1.29, 1.82) is 0 Å². The Bertz CT molecular complexity index is 377. The van der Waals surface area contributed by atoms with Crippen molar-refractivity contribution in [2.45, 2.75) is 20.4 Å². The Kier molecular flexibility index (Phi) is 4.97. The highest BCUT2D eigenvalue weighted by Gasteiger charge is 2.12. The molecule has 1 aromatic rings. The molecule has 0 spiro atoms. The molecule has 0 radical (unpaired) electrons. The second kappa shape index (κ2) is 6.25. The first-order valence-corrected chi connectivity index (χ1v) is 5.83. The minimum Gasteiger partial charge on any atom is -0.398 e. The average Bonchev–Trinajstić information content (AvgIpc) is 2.19. The number of para-hydroxylation sites is 1. The van der Waals surface area contributed by atoms with E-state index in [2.05, 4.69) is 13.8 Å². The molecule has 0 heterocycles. The lowest BCUT2D eigenvalue weighted by molar-refractivity contribution is -0.119. The highest BCUT2D eigenvalue weighted by Crippen LogP contribution is 2.14. The van der Waals surface area contributed by atoms with Crippen LogP contribution in [0, 0.1) is 5.92 Å². The summed E-state index contributed by atoms with van der Waals surface area (Å²) in [6.07, 6.45) is 0. The zero-order valence-electron chi connectivity index (χ0n) is 10.5. The highest BCUT2D eigenvalue weighted by molar-refractivity contribution is 5.75. The van der Waals surface area contributed by atoms with Gasteiger partial charge in [-0.3, -0.25) is 9.69 Å². The Morgan fingerprint density at radius 2 is 2.00 bits per heavy atom. The number of carbonyl (C=O) groups is 1. The molecular formula is C13H21N3O. The third-order valence-corrected chi connectivity index (χ3v) is 2.45. The zero-order valence-corrected chi connectivity index (χ0v) is 10.5. The van der Waals surface area contributed by atoms with E-state index in [0.717, 1.165) is 17.8 Å². The summed E-state index contributed by atoms with van der Waals surface area (Å²) in [7, 11) is 0. The third-order valence-electron chi connectivity index (χ3n) is 2.45. The van der Waals surface area contributed by atoms with Crippen molar-refractivity contribution in [2.24, 2.45) is 11.7 Å². The molecule has 4 N–H and O–H groups in total. The van der Waals surface area contributed by atoms with Gasteiger partial charge < -0.3 is 11.5 Å². The quantitative estimate of drug-likeness (QED) is 0.728. The summed E-state index contributed by atoms with van der Waals surface area (Å²) in [5.41, 5.74) is 12.9. The number of amides is 1. The molecule has 0 atom stereocenters. The first-order valence-electron chi connectivity index (χ1n) is 5.83. The third kappa shape index (κ3) is 4.87. The van der Waals surface area contributed by atoms with Gasteiger partial charge in [-0.05, 0) is 17.5 Å². The lowest BCUT2D eigenvalue weighted by Crippen LogP contribution is -2.35. The molecule has 0 aliphatic carbocycles. The minimum absolute atomic E-state index is 0.270. The van der Waals surface area contributed by atoms with Crippen LogP contribution in [-0.4, -0.2) is 23.9 Å². The first kappa shape index (κ1) is 13.5. The van der Waals surface area contributed by atoms with E-state index in [4.69, 9.17) is 11.5 Å². The number of primary amides is 1. The molecule has 94 valence electrons. The maximum Gasteiger partial charge on any atom is 0.231 e. The molecule has 0 saturated heterocycles. The van der Waals surface area contributed by atoms with E-state index in [9.17, 15) is 4.79 Å². The fourth-order valence-corrected chi connectivity index (χ4v) is 1.84. The molecule has 1 amide bonds. The zero-order chi connectivity index (χ0) is 12.8. The standard InChI is InChI=1S/C13H21N3O/c1-10(2)7-16(9-13(15)17)8-11-5-3-4-6-12(11)14/h3-6,10H,7-9,14H2,1-2H3,(H2,15,17). The molecule has 17 heavy (non-hydrogen) atoms. The van der Waals surface area contributed by atoms with Crippen molar-refractivity contribution in [2.75, 3.05) is 18.8 Å². The van der Waals surface area contributed by atoms with E-state index in [1.165, 1.54) is 0 Å². The summed E-state index contributed by atoms with van der Waals surface area (Å²) in [6, 6.07) is 7.69. The van der Waals surface area contributed by atoms with Gasteiger partial charge in [0.2, 0.25) is 5.91 Å². The number of benzene rings is 1. The number of nitrogens with two attached hydrogens (primary N) is 2. The van der Waals surface area contributed by atoms with Crippen LogP contribution in [0.1, 0.15) is 19.4 Å². The lowest BCUT2D eigenvalue weighted by Gasteiger charge is -2.23.